The fourth-order valence-corrected chi connectivity index (χ4v) is 0.854. The average Bonchev–Trinajstić information content (AvgIpc) is 1.90. The highest BCUT2D eigenvalue weighted by Crippen LogP contribution is 2.14. The van der Waals surface area contributed by atoms with Gasteiger partial charge in [-0.1, -0.05) is 0 Å². The molecule has 1 aromatic rings. The highest BCUT2D eigenvalue weighted by Gasteiger charge is 1.86. The lowest BCUT2D eigenvalue weighted by Crippen LogP contribution is -1.82. The molecule has 2 nitrogen and oxygen atoms in total. The van der Waals surface area contributed by atoms with E-state index in [2.05, 4.69) is 0 Å². The molecular formula is C6H8O2Si. The van der Waals surface area contributed by atoms with Crippen molar-refractivity contribution in [3.8, 4) is 11.5 Å². The predicted molar refractivity (Wildman–Crippen MR) is 38.7 cm³/mol. The molecule has 0 bridgehead atoms. The molecule has 1 N–H and O–H groups in total. The van der Waals surface area contributed by atoms with Crippen molar-refractivity contribution in [2.45, 2.75) is 0 Å². The fraction of sp³-hybridized carbons (Fsp3) is 0. The van der Waals surface area contributed by atoms with E-state index in [0.717, 1.165) is 5.75 Å². The Morgan fingerprint density at radius 1 is 1.22 bits per heavy atom. The Hall–Kier alpha value is -0.963. The summed E-state index contributed by atoms with van der Waals surface area (Å²) in [6, 6.07) is 6.69. The Labute approximate surface area is 56.6 Å². The predicted octanol–water partition coefficient (Wildman–Crippen LogP) is 0.0514. The third-order valence-electron chi connectivity index (χ3n) is 1.07. The van der Waals surface area contributed by atoms with E-state index < -0.39 is 0 Å². The average molecular weight is 140 g/mol. The summed E-state index contributed by atoms with van der Waals surface area (Å²) in [6.45, 7) is 0. The van der Waals surface area contributed by atoms with Crippen LogP contribution in [-0.4, -0.2) is 15.6 Å². The Morgan fingerprint density at radius 3 is 2.22 bits per heavy atom. The van der Waals surface area contributed by atoms with E-state index in [-0.39, 0.29) is 5.75 Å². The third kappa shape index (κ3) is 1.47. The summed E-state index contributed by atoms with van der Waals surface area (Å²) in [4.78, 5) is 0. The van der Waals surface area contributed by atoms with Gasteiger partial charge in [-0.2, -0.15) is 0 Å². The van der Waals surface area contributed by atoms with Gasteiger partial charge in [0.2, 0.25) is 10.5 Å². The summed E-state index contributed by atoms with van der Waals surface area (Å²) in [7, 11) is 0.693. The van der Waals surface area contributed by atoms with Crippen LogP contribution in [0.25, 0.3) is 0 Å². The lowest BCUT2D eigenvalue weighted by Gasteiger charge is -1.97. The first-order valence-electron chi connectivity index (χ1n) is 2.66. The van der Waals surface area contributed by atoms with Crippen molar-refractivity contribution >= 4 is 10.5 Å². The van der Waals surface area contributed by atoms with Gasteiger partial charge < -0.3 is 9.53 Å². The zero-order chi connectivity index (χ0) is 6.69. The van der Waals surface area contributed by atoms with Crippen LogP contribution in [0.2, 0.25) is 0 Å². The second-order valence-electron chi connectivity index (χ2n) is 1.70. The van der Waals surface area contributed by atoms with Crippen LogP contribution in [0.4, 0.5) is 0 Å². The lowest BCUT2D eigenvalue weighted by atomic mass is 10.3. The first-order valence-corrected chi connectivity index (χ1v) is 3.47. The highest BCUT2D eigenvalue weighted by molar-refractivity contribution is 5.99. The number of hydrogen-bond acceptors (Lipinski definition) is 2. The van der Waals surface area contributed by atoms with Crippen LogP contribution < -0.4 is 4.43 Å². The van der Waals surface area contributed by atoms with Gasteiger partial charge in [-0.25, -0.2) is 0 Å². The Balaban J connectivity index is 2.88. The Bertz CT molecular complexity index is 183. The molecule has 0 radical (unpaired) electrons. The number of aromatic hydroxyl groups is 1. The number of hydrogen-bond donors (Lipinski definition) is 1. The van der Waals surface area contributed by atoms with Crippen molar-refractivity contribution < 1.29 is 9.53 Å². The van der Waals surface area contributed by atoms with Gasteiger partial charge in [0.15, 0.2) is 0 Å². The molecule has 0 aliphatic carbocycles. The topological polar surface area (TPSA) is 29.5 Å². The van der Waals surface area contributed by atoms with Gasteiger partial charge in [-0.05, 0) is 24.3 Å². The molecule has 0 saturated heterocycles. The molecular weight excluding hydrogens is 132 g/mol. The van der Waals surface area contributed by atoms with Gasteiger partial charge in [0.1, 0.15) is 11.5 Å². The van der Waals surface area contributed by atoms with E-state index in [9.17, 15) is 0 Å². The molecule has 0 aliphatic heterocycles. The van der Waals surface area contributed by atoms with Crippen molar-refractivity contribution in [1.82, 2.24) is 0 Å². The van der Waals surface area contributed by atoms with E-state index in [0.29, 0.717) is 10.5 Å². The lowest BCUT2D eigenvalue weighted by molar-refractivity contribution is 0.474. The van der Waals surface area contributed by atoms with E-state index in [4.69, 9.17) is 9.53 Å². The van der Waals surface area contributed by atoms with Crippen molar-refractivity contribution in [1.29, 1.82) is 0 Å². The van der Waals surface area contributed by atoms with Crippen molar-refractivity contribution in [3.63, 3.8) is 0 Å². The first kappa shape index (κ1) is 6.16. The summed E-state index contributed by atoms with van der Waals surface area (Å²) in [5.74, 6) is 1.09. The summed E-state index contributed by atoms with van der Waals surface area (Å²) in [5, 5.41) is 8.81. The monoisotopic (exact) mass is 140 g/mol. The standard InChI is InChI=1S/C6H8O2Si/c7-5-1-3-6(8-9)4-2-5/h1-4,7H,9H3. The number of rotatable bonds is 1. The highest BCUT2D eigenvalue weighted by atomic mass is 28.2. The summed E-state index contributed by atoms with van der Waals surface area (Å²) in [5.41, 5.74) is 0. The van der Waals surface area contributed by atoms with Crippen molar-refractivity contribution in [3.05, 3.63) is 24.3 Å². The zero-order valence-electron chi connectivity index (χ0n) is 5.16. The first-order chi connectivity index (χ1) is 4.33. The number of phenolic OH excluding ortho intramolecular Hbond substituents is 1. The number of benzene rings is 1. The molecule has 1 rings (SSSR count). The van der Waals surface area contributed by atoms with Gasteiger partial charge in [0.25, 0.3) is 0 Å². The van der Waals surface area contributed by atoms with Gasteiger partial charge in [0.05, 0.1) is 0 Å². The second-order valence-corrected chi connectivity index (χ2v) is 2.11. The number of phenols is 1. The molecule has 0 spiro atoms. The van der Waals surface area contributed by atoms with Gasteiger partial charge >= 0.3 is 0 Å². The van der Waals surface area contributed by atoms with E-state index in [1.807, 2.05) is 0 Å². The van der Waals surface area contributed by atoms with E-state index >= 15 is 0 Å². The molecule has 3 heteroatoms. The maximum Gasteiger partial charge on any atom is 0.204 e. The molecule has 0 unspecified atom stereocenters. The molecule has 0 atom stereocenters. The SMILES string of the molecule is Oc1ccc(O[SiH3])cc1. The quantitative estimate of drug-likeness (QED) is 0.559. The molecule has 0 aliphatic rings. The van der Waals surface area contributed by atoms with Crippen molar-refractivity contribution in [2.75, 3.05) is 0 Å². The summed E-state index contributed by atoms with van der Waals surface area (Å²) >= 11 is 0. The fourth-order valence-electron chi connectivity index (χ4n) is 0.582. The zero-order valence-corrected chi connectivity index (χ0v) is 7.16. The largest absolute Gasteiger partial charge is 0.553 e. The smallest absolute Gasteiger partial charge is 0.204 e. The van der Waals surface area contributed by atoms with Crippen LogP contribution in [0.1, 0.15) is 0 Å². The molecule has 0 heterocycles. The molecule has 48 valence electrons. The van der Waals surface area contributed by atoms with Crippen LogP contribution in [-0.2, 0) is 0 Å². The second kappa shape index (κ2) is 2.55. The van der Waals surface area contributed by atoms with E-state index in [1.54, 1.807) is 24.3 Å². The minimum absolute atomic E-state index is 0.275. The van der Waals surface area contributed by atoms with Gasteiger partial charge in [-0.3, -0.25) is 0 Å². The third-order valence-corrected chi connectivity index (χ3v) is 1.54. The van der Waals surface area contributed by atoms with Crippen LogP contribution in [0.3, 0.4) is 0 Å². The minimum Gasteiger partial charge on any atom is -0.553 e. The molecule has 0 fully saturated rings. The van der Waals surface area contributed by atoms with Crippen LogP contribution in [0, 0.1) is 0 Å². The van der Waals surface area contributed by atoms with Gasteiger partial charge in [-0.15, -0.1) is 0 Å². The van der Waals surface area contributed by atoms with E-state index in [1.165, 1.54) is 0 Å². The Kier molecular flexibility index (Phi) is 1.74. The normalized spacial score (nSPS) is 9.33. The molecule has 9 heavy (non-hydrogen) atoms. The van der Waals surface area contributed by atoms with Crippen LogP contribution in [0.15, 0.2) is 24.3 Å². The van der Waals surface area contributed by atoms with Crippen LogP contribution >= 0.6 is 0 Å². The maximum absolute atomic E-state index is 8.81. The van der Waals surface area contributed by atoms with Crippen LogP contribution in [0.5, 0.6) is 11.5 Å². The van der Waals surface area contributed by atoms with Gasteiger partial charge in [0, 0.05) is 0 Å². The maximum atomic E-state index is 8.81. The molecule has 0 saturated carbocycles. The van der Waals surface area contributed by atoms with Crippen molar-refractivity contribution in [2.24, 2.45) is 0 Å². The summed E-state index contributed by atoms with van der Waals surface area (Å²) < 4.78 is 5.00. The molecule has 0 aromatic heterocycles. The minimum atomic E-state index is 0.275. The molecule has 0 amide bonds. The summed E-state index contributed by atoms with van der Waals surface area (Å²) in [6.07, 6.45) is 0. The Morgan fingerprint density at radius 2 is 1.78 bits per heavy atom. The molecule has 1 aromatic carbocycles.